The van der Waals surface area contributed by atoms with E-state index in [9.17, 15) is 18.0 Å². The first-order chi connectivity index (χ1) is 13.3. The van der Waals surface area contributed by atoms with Gasteiger partial charge in [0.15, 0.2) is 11.4 Å². The lowest BCUT2D eigenvalue weighted by atomic mass is 10.1. The van der Waals surface area contributed by atoms with Crippen LogP contribution in [0, 0.1) is 0 Å². The van der Waals surface area contributed by atoms with Crippen LogP contribution in [0.15, 0.2) is 44.6 Å². The maximum Gasteiger partial charge on any atom is 0.334 e. The van der Waals surface area contributed by atoms with Crippen LogP contribution < -0.4 is 11.2 Å². The van der Waals surface area contributed by atoms with Gasteiger partial charge in [-0.15, -0.1) is 0 Å². The summed E-state index contributed by atoms with van der Waals surface area (Å²) in [6.45, 7) is 2.85. The second kappa shape index (κ2) is 7.00. The van der Waals surface area contributed by atoms with Gasteiger partial charge in [0, 0.05) is 45.0 Å². The smallest absolute Gasteiger partial charge is 0.334 e. The number of benzene rings is 1. The molecule has 1 aromatic carbocycles. The fraction of sp³-hybridized carbons (Fsp3) is 0.353. The zero-order valence-corrected chi connectivity index (χ0v) is 16.0. The predicted molar refractivity (Wildman–Crippen MR) is 102 cm³/mol. The Morgan fingerprint density at radius 2 is 1.89 bits per heavy atom. The second-order valence-electron chi connectivity index (χ2n) is 6.76. The number of piperazine rings is 1. The van der Waals surface area contributed by atoms with Crippen molar-refractivity contribution >= 4 is 21.0 Å². The highest BCUT2D eigenvalue weighted by Crippen LogP contribution is 2.23. The van der Waals surface area contributed by atoms with Crippen molar-refractivity contribution in [3.63, 3.8) is 0 Å². The van der Waals surface area contributed by atoms with E-state index in [1.54, 1.807) is 6.07 Å². The monoisotopic (exact) mass is 405 g/mol. The van der Waals surface area contributed by atoms with Crippen LogP contribution in [-0.2, 0) is 16.6 Å². The quantitative estimate of drug-likeness (QED) is 0.635. The van der Waals surface area contributed by atoms with Gasteiger partial charge < -0.3 is 4.52 Å². The number of fused-ring (bicyclic) bond motifs is 1. The van der Waals surface area contributed by atoms with Gasteiger partial charge in [-0.2, -0.15) is 4.31 Å². The Labute approximate surface area is 160 Å². The average Bonchev–Trinajstić information content (AvgIpc) is 3.04. The van der Waals surface area contributed by atoms with Crippen molar-refractivity contribution < 1.29 is 12.9 Å². The first-order valence-corrected chi connectivity index (χ1v) is 10.5. The SMILES string of the molecule is CS(=O)(=O)N1CCN(Cc2ccc3onc(-n4ccc(=O)[nH]c4=O)c3c2)CC1. The molecular formula is C17H19N5O5S. The van der Waals surface area contributed by atoms with Crippen LogP contribution in [0.3, 0.4) is 0 Å². The second-order valence-corrected chi connectivity index (χ2v) is 8.74. The number of sulfonamides is 1. The fourth-order valence-corrected chi connectivity index (χ4v) is 4.13. The lowest BCUT2D eigenvalue weighted by Gasteiger charge is -2.33. The van der Waals surface area contributed by atoms with Crippen molar-refractivity contribution in [3.8, 4) is 5.82 Å². The molecule has 148 valence electrons. The summed E-state index contributed by atoms with van der Waals surface area (Å²) in [7, 11) is -3.16. The molecule has 0 aliphatic carbocycles. The summed E-state index contributed by atoms with van der Waals surface area (Å²) in [6, 6.07) is 6.83. The molecule has 0 spiro atoms. The summed E-state index contributed by atoms with van der Waals surface area (Å²) in [5.74, 6) is 0.306. The van der Waals surface area contributed by atoms with Crippen molar-refractivity contribution in [3.05, 3.63) is 56.9 Å². The molecule has 10 nitrogen and oxygen atoms in total. The van der Waals surface area contributed by atoms with Crippen LogP contribution in [0.25, 0.3) is 16.8 Å². The number of aromatic amines is 1. The third-order valence-corrected chi connectivity index (χ3v) is 6.08. The van der Waals surface area contributed by atoms with Gasteiger partial charge in [-0.05, 0) is 17.7 Å². The van der Waals surface area contributed by atoms with E-state index in [1.807, 2.05) is 12.1 Å². The topological polar surface area (TPSA) is 122 Å². The summed E-state index contributed by atoms with van der Waals surface area (Å²) in [5, 5.41) is 4.61. The van der Waals surface area contributed by atoms with E-state index in [0.717, 1.165) is 5.56 Å². The van der Waals surface area contributed by atoms with Crippen LogP contribution in [0.1, 0.15) is 5.56 Å². The molecule has 0 bridgehead atoms. The van der Waals surface area contributed by atoms with Crippen molar-refractivity contribution in [2.45, 2.75) is 6.54 Å². The largest absolute Gasteiger partial charge is 0.354 e. The molecule has 1 N–H and O–H groups in total. The van der Waals surface area contributed by atoms with Crippen LogP contribution >= 0.6 is 0 Å². The summed E-state index contributed by atoms with van der Waals surface area (Å²) >= 11 is 0. The Bertz CT molecular complexity index is 1230. The highest BCUT2D eigenvalue weighted by Gasteiger charge is 2.23. The minimum atomic E-state index is -3.16. The molecule has 0 unspecified atom stereocenters. The zero-order valence-electron chi connectivity index (χ0n) is 15.2. The lowest BCUT2D eigenvalue weighted by Crippen LogP contribution is -2.47. The van der Waals surface area contributed by atoms with Gasteiger partial charge in [-0.3, -0.25) is 14.7 Å². The molecule has 11 heteroatoms. The van der Waals surface area contributed by atoms with Crippen LogP contribution in [0.4, 0.5) is 0 Å². The summed E-state index contributed by atoms with van der Waals surface area (Å²) in [5.41, 5.74) is 0.439. The van der Waals surface area contributed by atoms with Crippen LogP contribution in [0.5, 0.6) is 0 Å². The Morgan fingerprint density at radius 1 is 1.14 bits per heavy atom. The van der Waals surface area contributed by atoms with Gasteiger partial charge in [0.1, 0.15) is 0 Å². The van der Waals surface area contributed by atoms with E-state index in [1.165, 1.54) is 27.4 Å². The Hall–Kier alpha value is -2.76. The molecule has 1 fully saturated rings. The number of aromatic nitrogens is 3. The Morgan fingerprint density at radius 3 is 2.57 bits per heavy atom. The van der Waals surface area contributed by atoms with E-state index >= 15 is 0 Å². The highest BCUT2D eigenvalue weighted by atomic mass is 32.2. The van der Waals surface area contributed by atoms with Gasteiger partial charge in [-0.25, -0.2) is 17.8 Å². The molecule has 1 saturated heterocycles. The number of H-pyrrole nitrogens is 1. The maximum absolute atomic E-state index is 12.1. The number of hydrogen-bond donors (Lipinski definition) is 1. The molecule has 3 heterocycles. The highest BCUT2D eigenvalue weighted by molar-refractivity contribution is 7.88. The summed E-state index contributed by atoms with van der Waals surface area (Å²) < 4.78 is 31.3. The van der Waals surface area contributed by atoms with Gasteiger partial charge in [0.2, 0.25) is 10.0 Å². The molecule has 1 aliphatic heterocycles. The van der Waals surface area contributed by atoms with Gasteiger partial charge in [0.05, 0.1) is 11.6 Å². The summed E-state index contributed by atoms with van der Waals surface area (Å²) in [4.78, 5) is 27.7. The van der Waals surface area contributed by atoms with Gasteiger partial charge in [0.25, 0.3) is 5.56 Å². The Kier molecular flexibility index (Phi) is 4.65. The predicted octanol–water partition coefficient (Wildman–Crippen LogP) is -0.256. The molecule has 0 radical (unpaired) electrons. The summed E-state index contributed by atoms with van der Waals surface area (Å²) in [6.07, 6.45) is 2.58. The molecule has 3 aromatic rings. The van der Waals surface area contributed by atoms with E-state index in [2.05, 4.69) is 15.0 Å². The number of rotatable bonds is 4. The molecular weight excluding hydrogens is 386 g/mol. The normalized spacial score (nSPS) is 16.6. The first-order valence-electron chi connectivity index (χ1n) is 8.69. The minimum Gasteiger partial charge on any atom is -0.354 e. The molecule has 4 rings (SSSR count). The fourth-order valence-electron chi connectivity index (χ4n) is 3.31. The lowest BCUT2D eigenvalue weighted by molar-refractivity contribution is 0.182. The average molecular weight is 405 g/mol. The van der Waals surface area contributed by atoms with E-state index < -0.39 is 21.3 Å². The molecule has 2 aromatic heterocycles. The van der Waals surface area contributed by atoms with Gasteiger partial charge in [-0.1, -0.05) is 11.2 Å². The van der Waals surface area contributed by atoms with E-state index in [4.69, 9.17) is 4.52 Å². The zero-order chi connectivity index (χ0) is 19.9. The maximum atomic E-state index is 12.1. The van der Waals surface area contributed by atoms with Crippen molar-refractivity contribution in [1.82, 2.24) is 23.9 Å². The standard InChI is InChI=1S/C17H19N5O5S/c1-28(25,26)21-8-6-20(7-9-21)11-12-2-3-14-13(10-12)16(19-27-14)22-5-4-15(23)18-17(22)24/h2-5,10H,6-9,11H2,1H3,(H,18,23,24). The van der Waals surface area contributed by atoms with Crippen LogP contribution in [0.2, 0.25) is 0 Å². The molecule has 0 amide bonds. The van der Waals surface area contributed by atoms with Crippen molar-refractivity contribution in [2.24, 2.45) is 0 Å². The Balaban J connectivity index is 1.58. The minimum absolute atomic E-state index is 0.306. The van der Waals surface area contributed by atoms with E-state index in [0.29, 0.717) is 49.5 Å². The first kappa shape index (κ1) is 18.6. The van der Waals surface area contributed by atoms with Gasteiger partial charge >= 0.3 is 5.69 Å². The molecule has 0 atom stereocenters. The number of nitrogens with zero attached hydrogens (tertiary/aromatic N) is 4. The molecule has 0 saturated carbocycles. The molecule has 1 aliphatic rings. The molecule has 28 heavy (non-hydrogen) atoms. The van der Waals surface area contributed by atoms with Crippen LogP contribution in [-0.4, -0.2) is 64.8 Å². The third-order valence-electron chi connectivity index (χ3n) is 4.77. The number of hydrogen-bond acceptors (Lipinski definition) is 7. The van der Waals surface area contributed by atoms with E-state index in [-0.39, 0.29) is 0 Å². The third kappa shape index (κ3) is 3.63. The van der Waals surface area contributed by atoms with Crippen molar-refractivity contribution in [2.75, 3.05) is 32.4 Å². The number of nitrogens with one attached hydrogen (secondary N) is 1. The van der Waals surface area contributed by atoms with Crippen molar-refractivity contribution in [1.29, 1.82) is 0 Å².